The Bertz CT molecular complexity index is 379. The first-order valence-electron chi connectivity index (χ1n) is 5.58. The van der Waals surface area contributed by atoms with Crippen molar-refractivity contribution in [2.45, 2.75) is 39.7 Å². The second-order valence-corrected chi connectivity index (χ2v) is 4.42. The summed E-state index contributed by atoms with van der Waals surface area (Å²) in [5.74, 6) is 5.62. The molecule has 0 bridgehead atoms. The number of allylic oxidation sites excluding steroid dienone is 1. The van der Waals surface area contributed by atoms with Crippen molar-refractivity contribution in [2.24, 2.45) is 12.9 Å². The second kappa shape index (κ2) is 5.27. The lowest BCUT2D eigenvalue weighted by atomic mass is 9.99. The van der Waals surface area contributed by atoms with Crippen LogP contribution in [-0.2, 0) is 7.05 Å². The first kappa shape index (κ1) is 12.9. The summed E-state index contributed by atoms with van der Waals surface area (Å²) < 4.78 is 1.90. The van der Waals surface area contributed by atoms with Gasteiger partial charge in [-0.15, -0.1) is 6.58 Å². The SMILES string of the molecule is C=C(C)CCC(NN)c1c(C)nn(C)c1C. The van der Waals surface area contributed by atoms with Crippen LogP contribution in [-0.4, -0.2) is 9.78 Å². The maximum atomic E-state index is 5.62. The molecule has 1 aromatic rings. The van der Waals surface area contributed by atoms with E-state index in [-0.39, 0.29) is 6.04 Å². The highest BCUT2D eigenvalue weighted by Crippen LogP contribution is 2.25. The van der Waals surface area contributed by atoms with Crippen molar-refractivity contribution >= 4 is 0 Å². The van der Waals surface area contributed by atoms with Crippen molar-refractivity contribution in [3.8, 4) is 0 Å². The van der Waals surface area contributed by atoms with Gasteiger partial charge in [-0.3, -0.25) is 16.0 Å². The number of aryl methyl sites for hydroxylation is 2. The molecule has 4 nitrogen and oxygen atoms in total. The number of nitrogens with zero attached hydrogens (tertiary/aromatic N) is 2. The van der Waals surface area contributed by atoms with E-state index in [1.807, 2.05) is 25.6 Å². The Morgan fingerprint density at radius 1 is 1.56 bits per heavy atom. The van der Waals surface area contributed by atoms with Crippen LogP contribution < -0.4 is 11.3 Å². The van der Waals surface area contributed by atoms with Crippen LogP contribution in [0.4, 0.5) is 0 Å². The lowest BCUT2D eigenvalue weighted by Gasteiger charge is -2.16. The van der Waals surface area contributed by atoms with Crippen LogP contribution in [0.5, 0.6) is 0 Å². The first-order chi connectivity index (χ1) is 7.47. The molecule has 0 radical (unpaired) electrons. The first-order valence-corrected chi connectivity index (χ1v) is 5.58. The lowest BCUT2D eigenvalue weighted by Crippen LogP contribution is -2.28. The van der Waals surface area contributed by atoms with Crippen molar-refractivity contribution in [1.29, 1.82) is 0 Å². The smallest absolute Gasteiger partial charge is 0.0644 e. The molecule has 0 saturated heterocycles. The fraction of sp³-hybridized carbons (Fsp3) is 0.583. The van der Waals surface area contributed by atoms with Crippen molar-refractivity contribution in [3.05, 3.63) is 29.1 Å². The zero-order valence-corrected chi connectivity index (χ0v) is 10.7. The summed E-state index contributed by atoms with van der Waals surface area (Å²) >= 11 is 0. The molecular formula is C12H22N4. The van der Waals surface area contributed by atoms with Crippen molar-refractivity contribution < 1.29 is 0 Å². The Morgan fingerprint density at radius 3 is 2.56 bits per heavy atom. The van der Waals surface area contributed by atoms with Gasteiger partial charge in [-0.2, -0.15) is 5.10 Å². The van der Waals surface area contributed by atoms with E-state index in [1.54, 1.807) is 0 Å². The Balaban J connectivity index is 2.90. The van der Waals surface area contributed by atoms with Crippen molar-refractivity contribution in [1.82, 2.24) is 15.2 Å². The zero-order chi connectivity index (χ0) is 12.3. The van der Waals surface area contributed by atoms with E-state index in [0.29, 0.717) is 0 Å². The fourth-order valence-corrected chi connectivity index (χ4v) is 2.00. The third kappa shape index (κ3) is 2.71. The van der Waals surface area contributed by atoms with Crippen LogP contribution in [0.2, 0.25) is 0 Å². The zero-order valence-electron chi connectivity index (χ0n) is 10.7. The third-order valence-corrected chi connectivity index (χ3v) is 2.97. The molecule has 0 aliphatic heterocycles. The fourth-order valence-electron chi connectivity index (χ4n) is 2.00. The summed E-state index contributed by atoms with van der Waals surface area (Å²) in [6.45, 7) is 10.0. The molecule has 1 atom stereocenters. The molecule has 0 aliphatic carbocycles. The number of nitrogens with one attached hydrogen (secondary N) is 1. The van der Waals surface area contributed by atoms with Gasteiger partial charge in [-0.25, -0.2) is 0 Å². The summed E-state index contributed by atoms with van der Waals surface area (Å²) in [7, 11) is 1.96. The van der Waals surface area contributed by atoms with Crippen LogP contribution in [0.15, 0.2) is 12.2 Å². The minimum atomic E-state index is 0.158. The topological polar surface area (TPSA) is 55.9 Å². The lowest BCUT2D eigenvalue weighted by molar-refractivity contribution is 0.510. The van der Waals surface area contributed by atoms with E-state index in [2.05, 4.69) is 24.0 Å². The highest BCUT2D eigenvalue weighted by Gasteiger charge is 2.18. The quantitative estimate of drug-likeness (QED) is 0.454. The largest absolute Gasteiger partial charge is 0.272 e. The summed E-state index contributed by atoms with van der Waals surface area (Å²) in [4.78, 5) is 0. The molecule has 0 fully saturated rings. The van der Waals surface area contributed by atoms with Crippen LogP contribution in [0.1, 0.15) is 42.8 Å². The monoisotopic (exact) mass is 222 g/mol. The third-order valence-electron chi connectivity index (χ3n) is 2.97. The minimum Gasteiger partial charge on any atom is -0.272 e. The number of aromatic nitrogens is 2. The van der Waals surface area contributed by atoms with Crippen LogP contribution >= 0.6 is 0 Å². The molecule has 3 N–H and O–H groups in total. The van der Waals surface area contributed by atoms with Gasteiger partial charge in [0.15, 0.2) is 0 Å². The number of hydrogen-bond acceptors (Lipinski definition) is 3. The van der Waals surface area contributed by atoms with Gasteiger partial charge < -0.3 is 0 Å². The van der Waals surface area contributed by atoms with Gasteiger partial charge >= 0.3 is 0 Å². The van der Waals surface area contributed by atoms with E-state index in [9.17, 15) is 0 Å². The molecule has 1 unspecified atom stereocenters. The highest BCUT2D eigenvalue weighted by molar-refractivity contribution is 5.28. The van der Waals surface area contributed by atoms with Gasteiger partial charge in [-0.05, 0) is 33.6 Å². The van der Waals surface area contributed by atoms with E-state index in [1.165, 1.54) is 16.8 Å². The second-order valence-electron chi connectivity index (χ2n) is 4.42. The van der Waals surface area contributed by atoms with E-state index >= 15 is 0 Å². The molecule has 0 spiro atoms. The van der Waals surface area contributed by atoms with Gasteiger partial charge in [0.05, 0.1) is 5.69 Å². The van der Waals surface area contributed by atoms with Crippen LogP contribution in [0, 0.1) is 13.8 Å². The summed E-state index contributed by atoms with van der Waals surface area (Å²) in [5.41, 5.74) is 7.48. The number of rotatable bonds is 5. The molecule has 90 valence electrons. The predicted octanol–water partition coefficient (Wildman–Crippen LogP) is 1.90. The Hall–Kier alpha value is -1.13. The molecule has 0 aromatic carbocycles. The van der Waals surface area contributed by atoms with E-state index in [4.69, 9.17) is 5.84 Å². The van der Waals surface area contributed by atoms with Gasteiger partial charge in [-0.1, -0.05) is 5.57 Å². The van der Waals surface area contributed by atoms with E-state index < -0.39 is 0 Å². The minimum absolute atomic E-state index is 0.158. The Kier molecular flexibility index (Phi) is 4.26. The van der Waals surface area contributed by atoms with Crippen LogP contribution in [0.25, 0.3) is 0 Å². The molecule has 1 heterocycles. The maximum Gasteiger partial charge on any atom is 0.0644 e. The van der Waals surface area contributed by atoms with Crippen LogP contribution in [0.3, 0.4) is 0 Å². The summed E-state index contributed by atoms with van der Waals surface area (Å²) in [6, 6.07) is 0.158. The molecule has 0 saturated carbocycles. The summed E-state index contributed by atoms with van der Waals surface area (Å²) in [6.07, 6.45) is 1.93. The molecule has 16 heavy (non-hydrogen) atoms. The van der Waals surface area contributed by atoms with Gasteiger partial charge in [0.2, 0.25) is 0 Å². The van der Waals surface area contributed by atoms with Crippen molar-refractivity contribution in [2.75, 3.05) is 0 Å². The average Bonchev–Trinajstić information content (AvgIpc) is 2.45. The highest BCUT2D eigenvalue weighted by atomic mass is 15.3. The molecule has 0 amide bonds. The molecule has 4 heteroatoms. The standard InChI is InChI=1S/C12H22N4/c1-8(2)6-7-11(14-13)12-9(3)15-16(5)10(12)4/h11,14H,1,6-7,13H2,2-5H3. The van der Waals surface area contributed by atoms with Crippen molar-refractivity contribution in [3.63, 3.8) is 0 Å². The van der Waals surface area contributed by atoms with E-state index in [0.717, 1.165) is 18.5 Å². The number of hydrogen-bond donors (Lipinski definition) is 2. The summed E-state index contributed by atoms with van der Waals surface area (Å²) in [5, 5.41) is 4.41. The number of nitrogens with two attached hydrogens (primary N) is 1. The molecule has 1 rings (SSSR count). The molecule has 1 aromatic heterocycles. The Morgan fingerprint density at radius 2 is 2.19 bits per heavy atom. The number of hydrazine groups is 1. The molecule has 0 aliphatic rings. The Labute approximate surface area is 97.5 Å². The predicted molar refractivity (Wildman–Crippen MR) is 66.8 cm³/mol. The normalized spacial score (nSPS) is 12.8. The van der Waals surface area contributed by atoms with Gasteiger partial charge in [0.25, 0.3) is 0 Å². The molecular weight excluding hydrogens is 200 g/mol. The average molecular weight is 222 g/mol. The van der Waals surface area contributed by atoms with Gasteiger partial charge in [0, 0.05) is 24.3 Å². The van der Waals surface area contributed by atoms with Gasteiger partial charge in [0.1, 0.15) is 0 Å². The maximum absolute atomic E-state index is 5.62.